The quantitative estimate of drug-likeness (QED) is 0.546. The van der Waals surface area contributed by atoms with Gasteiger partial charge in [0.2, 0.25) is 0 Å². The number of anilines is 1. The summed E-state index contributed by atoms with van der Waals surface area (Å²) in [5.74, 6) is 1.21. The molecule has 3 atom stereocenters. The van der Waals surface area contributed by atoms with Gasteiger partial charge in [-0.3, -0.25) is 4.79 Å². The Morgan fingerprint density at radius 3 is 2.40 bits per heavy atom. The van der Waals surface area contributed by atoms with Crippen molar-refractivity contribution in [2.75, 3.05) is 5.32 Å². The van der Waals surface area contributed by atoms with Crippen LogP contribution in [-0.2, 0) is 4.79 Å². The van der Waals surface area contributed by atoms with Crippen LogP contribution in [0, 0.1) is 5.92 Å². The zero-order valence-electron chi connectivity index (χ0n) is 18.2. The molecule has 0 bridgehead atoms. The molecule has 3 nitrogen and oxygen atoms in total. The second-order valence-corrected chi connectivity index (χ2v) is 9.97. The van der Waals surface area contributed by atoms with Crippen LogP contribution in [-0.4, -0.2) is 22.3 Å². The van der Waals surface area contributed by atoms with Gasteiger partial charge in [-0.25, -0.2) is 0 Å². The normalized spacial score (nSPS) is 25.9. The summed E-state index contributed by atoms with van der Waals surface area (Å²) >= 11 is 1.65. The molecule has 4 rings (SSSR count). The molecule has 2 aromatic carbocycles. The number of carbonyl (C=O) groups excluding carboxylic acids is 1. The van der Waals surface area contributed by atoms with Crippen LogP contribution in [0.3, 0.4) is 0 Å². The highest BCUT2D eigenvalue weighted by Crippen LogP contribution is 2.42. The van der Waals surface area contributed by atoms with Crippen molar-refractivity contribution in [2.45, 2.75) is 63.9 Å². The molecular formula is C26H32N2OS. The van der Waals surface area contributed by atoms with E-state index in [0.717, 1.165) is 22.6 Å². The SMILES string of the molecule is CC(C)c1ccc(/C=C2\SC(Nc3ccccc3)N([C@H]3CCCC[C@@H]3C)C2=O)cc1. The van der Waals surface area contributed by atoms with E-state index in [1.54, 1.807) is 11.8 Å². The highest BCUT2D eigenvalue weighted by Gasteiger charge is 2.42. The van der Waals surface area contributed by atoms with Crippen LogP contribution in [0.2, 0.25) is 0 Å². The minimum absolute atomic E-state index is 0.0633. The summed E-state index contributed by atoms with van der Waals surface area (Å²) < 4.78 is 0. The highest BCUT2D eigenvalue weighted by atomic mass is 32.2. The van der Waals surface area contributed by atoms with Gasteiger partial charge >= 0.3 is 0 Å². The summed E-state index contributed by atoms with van der Waals surface area (Å²) in [6.07, 6.45) is 6.83. The summed E-state index contributed by atoms with van der Waals surface area (Å²) in [7, 11) is 0. The molecule has 2 aliphatic rings. The molecule has 1 saturated heterocycles. The average molecular weight is 421 g/mol. The monoisotopic (exact) mass is 420 g/mol. The fraction of sp³-hybridized carbons (Fsp3) is 0.423. The predicted octanol–water partition coefficient (Wildman–Crippen LogP) is 6.70. The minimum Gasteiger partial charge on any atom is -0.356 e. The van der Waals surface area contributed by atoms with Crippen LogP contribution in [0.5, 0.6) is 0 Å². The van der Waals surface area contributed by atoms with E-state index >= 15 is 0 Å². The lowest BCUT2D eigenvalue weighted by Gasteiger charge is -2.39. The Labute approximate surface area is 184 Å². The van der Waals surface area contributed by atoms with Crippen molar-refractivity contribution in [1.29, 1.82) is 0 Å². The summed E-state index contributed by atoms with van der Waals surface area (Å²) in [4.78, 5) is 16.5. The van der Waals surface area contributed by atoms with E-state index in [0.29, 0.717) is 17.9 Å². The molecule has 1 amide bonds. The fourth-order valence-corrected chi connectivity index (χ4v) is 5.71. The smallest absolute Gasteiger partial charge is 0.262 e. The third-order valence-corrected chi connectivity index (χ3v) is 7.44. The first kappa shape index (κ1) is 21.0. The maximum absolute atomic E-state index is 13.5. The maximum atomic E-state index is 13.5. The molecule has 1 unspecified atom stereocenters. The summed E-state index contributed by atoms with van der Waals surface area (Å²) in [6.45, 7) is 6.70. The Bertz CT molecular complexity index is 891. The van der Waals surface area contributed by atoms with Gasteiger partial charge in [0.25, 0.3) is 5.91 Å². The van der Waals surface area contributed by atoms with Crippen molar-refractivity contribution >= 4 is 29.4 Å². The first-order valence-corrected chi connectivity index (χ1v) is 12.0. The average Bonchev–Trinajstić information content (AvgIpc) is 3.04. The van der Waals surface area contributed by atoms with Gasteiger partial charge in [0.05, 0.1) is 4.91 Å². The Kier molecular flexibility index (Phi) is 6.52. The summed E-state index contributed by atoms with van der Waals surface area (Å²) in [6, 6.07) is 19.1. The van der Waals surface area contributed by atoms with Crippen molar-refractivity contribution in [3.8, 4) is 0 Å². The number of benzene rings is 2. The van der Waals surface area contributed by atoms with E-state index in [1.165, 1.54) is 24.8 Å². The fourth-order valence-electron chi connectivity index (χ4n) is 4.50. The molecule has 2 fully saturated rings. The lowest BCUT2D eigenvalue weighted by atomic mass is 9.85. The van der Waals surface area contributed by atoms with Crippen molar-refractivity contribution in [3.05, 3.63) is 70.6 Å². The Morgan fingerprint density at radius 1 is 1.03 bits per heavy atom. The van der Waals surface area contributed by atoms with Gasteiger partial charge in [0.1, 0.15) is 0 Å². The number of amides is 1. The summed E-state index contributed by atoms with van der Waals surface area (Å²) in [5.41, 5.74) is 3.40. The largest absolute Gasteiger partial charge is 0.356 e. The lowest BCUT2D eigenvalue weighted by Crippen LogP contribution is -2.48. The van der Waals surface area contributed by atoms with Gasteiger partial charge in [-0.05, 0) is 54.0 Å². The highest BCUT2D eigenvalue weighted by molar-refractivity contribution is 8.05. The Balaban J connectivity index is 1.61. The van der Waals surface area contributed by atoms with Crippen LogP contribution in [0.25, 0.3) is 6.08 Å². The first-order chi connectivity index (χ1) is 14.5. The van der Waals surface area contributed by atoms with E-state index in [9.17, 15) is 4.79 Å². The topological polar surface area (TPSA) is 32.3 Å². The molecule has 1 aliphatic heterocycles. The Hall–Kier alpha value is -2.20. The Morgan fingerprint density at radius 2 is 1.73 bits per heavy atom. The third-order valence-electron chi connectivity index (χ3n) is 6.32. The van der Waals surface area contributed by atoms with E-state index in [4.69, 9.17) is 0 Å². The minimum atomic E-state index is -0.0633. The number of nitrogens with one attached hydrogen (secondary N) is 1. The molecule has 1 aliphatic carbocycles. The van der Waals surface area contributed by atoms with Crippen LogP contribution < -0.4 is 5.32 Å². The van der Waals surface area contributed by atoms with E-state index < -0.39 is 0 Å². The first-order valence-electron chi connectivity index (χ1n) is 11.2. The number of para-hydroxylation sites is 1. The van der Waals surface area contributed by atoms with Gasteiger partial charge in [-0.1, -0.05) is 87.8 Å². The third kappa shape index (κ3) is 4.59. The molecule has 4 heteroatoms. The molecule has 0 radical (unpaired) electrons. The lowest BCUT2D eigenvalue weighted by molar-refractivity contribution is -0.129. The van der Waals surface area contributed by atoms with Crippen molar-refractivity contribution in [2.24, 2.45) is 5.92 Å². The molecule has 1 saturated carbocycles. The van der Waals surface area contributed by atoms with Gasteiger partial charge in [0.15, 0.2) is 5.50 Å². The molecule has 158 valence electrons. The van der Waals surface area contributed by atoms with Crippen LogP contribution in [0.1, 0.15) is 63.5 Å². The molecule has 2 aromatic rings. The van der Waals surface area contributed by atoms with E-state index in [1.807, 2.05) is 18.2 Å². The molecule has 1 N–H and O–H groups in total. The van der Waals surface area contributed by atoms with Crippen molar-refractivity contribution in [1.82, 2.24) is 4.90 Å². The van der Waals surface area contributed by atoms with Crippen molar-refractivity contribution in [3.63, 3.8) is 0 Å². The summed E-state index contributed by atoms with van der Waals surface area (Å²) in [5, 5.41) is 3.61. The molecule has 1 heterocycles. The predicted molar refractivity (Wildman–Crippen MR) is 128 cm³/mol. The standard InChI is InChI=1S/C26H32N2OS/c1-18(2)21-15-13-20(14-16-21)17-24-25(29)28(23-12-8-7-9-19(23)3)26(30-24)27-22-10-5-4-6-11-22/h4-6,10-11,13-19,23,26-27H,7-9,12H2,1-3H3/b24-17-/t19-,23-,26?/m0/s1. The molecule has 0 spiro atoms. The second kappa shape index (κ2) is 9.30. The van der Waals surface area contributed by atoms with Gasteiger partial charge < -0.3 is 10.2 Å². The van der Waals surface area contributed by atoms with Crippen molar-refractivity contribution < 1.29 is 4.79 Å². The van der Waals surface area contributed by atoms with Crippen LogP contribution in [0.4, 0.5) is 5.69 Å². The maximum Gasteiger partial charge on any atom is 0.262 e. The molecule has 0 aromatic heterocycles. The molecule has 30 heavy (non-hydrogen) atoms. The number of hydrogen-bond donors (Lipinski definition) is 1. The zero-order valence-corrected chi connectivity index (χ0v) is 19.0. The number of hydrogen-bond acceptors (Lipinski definition) is 3. The van der Waals surface area contributed by atoms with Gasteiger partial charge in [0, 0.05) is 11.7 Å². The second-order valence-electron chi connectivity index (χ2n) is 8.85. The number of carbonyl (C=O) groups is 1. The number of nitrogens with zero attached hydrogens (tertiary/aromatic N) is 1. The van der Waals surface area contributed by atoms with Crippen LogP contribution in [0.15, 0.2) is 59.5 Å². The number of thioether (sulfide) groups is 1. The van der Waals surface area contributed by atoms with Crippen LogP contribution >= 0.6 is 11.8 Å². The van der Waals surface area contributed by atoms with E-state index in [2.05, 4.69) is 73.5 Å². The zero-order chi connectivity index (χ0) is 21.1. The van der Waals surface area contributed by atoms with Gasteiger partial charge in [-0.2, -0.15) is 0 Å². The van der Waals surface area contributed by atoms with Gasteiger partial charge in [-0.15, -0.1) is 0 Å². The molecular weight excluding hydrogens is 388 g/mol. The number of rotatable bonds is 5. The van der Waals surface area contributed by atoms with E-state index in [-0.39, 0.29) is 11.4 Å².